The lowest BCUT2D eigenvalue weighted by Gasteiger charge is -2.51. The van der Waals surface area contributed by atoms with Gasteiger partial charge in [0.2, 0.25) is 0 Å². The lowest BCUT2D eigenvalue weighted by molar-refractivity contribution is -0.00762. The minimum atomic E-state index is -0.138. The molecule has 0 spiro atoms. The molecule has 0 fully saturated rings. The molecule has 0 saturated heterocycles. The Morgan fingerprint density at radius 1 is 0.667 bits per heavy atom. The monoisotopic (exact) mass is 438 g/mol. The van der Waals surface area contributed by atoms with Crippen LogP contribution >= 0.6 is 0 Å². The summed E-state index contributed by atoms with van der Waals surface area (Å²) in [5.74, 6) is 0.388. The highest BCUT2D eigenvalue weighted by molar-refractivity contribution is 5.31. The quantitative estimate of drug-likeness (QED) is 0.284. The average Bonchev–Trinajstić information content (AvgIpc) is 3.19. The van der Waals surface area contributed by atoms with Crippen molar-refractivity contribution in [1.82, 2.24) is 9.80 Å². The van der Waals surface area contributed by atoms with Crippen molar-refractivity contribution in [2.24, 2.45) is 0 Å². The fourth-order valence-electron chi connectivity index (χ4n) is 5.49. The van der Waals surface area contributed by atoms with Crippen LogP contribution in [-0.2, 0) is 13.0 Å². The van der Waals surface area contributed by atoms with Gasteiger partial charge in [-0.1, -0.05) is 118 Å². The summed E-state index contributed by atoms with van der Waals surface area (Å²) in [6.45, 7) is 6.65. The SMILES string of the molecule is CCCCCN1C=CN(Cc2ccccc2)C1(Cc1ccccc1)C(CC)c1ccccc1. The fraction of sp³-hybridized carbons (Fsp3) is 0.355. The Bertz CT molecular complexity index is 983. The zero-order valence-corrected chi connectivity index (χ0v) is 20.2. The van der Waals surface area contributed by atoms with Crippen LogP contribution in [-0.4, -0.2) is 22.0 Å². The zero-order valence-electron chi connectivity index (χ0n) is 20.2. The topological polar surface area (TPSA) is 6.48 Å². The molecule has 1 aliphatic heterocycles. The molecule has 4 rings (SSSR count). The third-order valence-electron chi connectivity index (χ3n) is 7.09. The molecule has 0 saturated carbocycles. The molecule has 0 aliphatic carbocycles. The van der Waals surface area contributed by atoms with Gasteiger partial charge in [0.15, 0.2) is 0 Å². The Labute approximate surface area is 200 Å². The van der Waals surface area contributed by atoms with Gasteiger partial charge >= 0.3 is 0 Å². The van der Waals surface area contributed by atoms with Crippen LogP contribution in [0, 0.1) is 0 Å². The first-order valence-corrected chi connectivity index (χ1v) is 12.6. The van der Waals surface area contributed by atoms with E-state index in [1.807, 2.05) is 0 Å². The van der Waals surface area contributed by atoms with Crippen molar-refractivity contribution in [3.8, 4) is 0 Å². The molecule has 172 valence electrons. The minimum Gasteiger partial charge on any atom is -0.353 e. The minimum absolute atomic E-state index is 0.138. The summed E-state index contributed by atoms with van der Waals surface area (Å²) >= 11 is 0. The van der Waals surface area contributed by atoms with Gasteiger partial charge in [-0.3, -0.25) is 0 Å². The first kappa shape index (κ1) is 23.2. The van der Waals surface area contributed by atoms with E-state index in [0.717, 1.165) is 25.9 Å². The molecule has 0 aromatic heterocycles. The Balaban J connectivity index is 1.80. The Kier molecular flexibility index (Phi) is 7.88. The van der Waals surface area contributed by atoms with Gasteiger partial charge in [-0.15, -0.1) is 0 Å². The van der Waals surface area contributed by atoms with Gasteiger partial charge in [0.25, 0.3) is 0 Å². The number of hydrogen-bond acceptors (Lipinski definition) is 2. The maximum Gasteiger partial charge on any atom is 0.123 e. The predicted molar refractivity (Wildman–Crippen MR) is 140 cm³/mol. The molecule has 2 heteroatoms. The average molecular weight is 439 g/mol. The Hall–Kier alpha value is -3.00. The van der Waals surface area contributed by atoms with Crippen molar-refractivity contribution in [1.29, 1.82) is 0 Å². The number of unbranched alkanes of at least 4 members (excludes halogenated alkanes) is 2. The van der Waals surface area contributed by atoms with Crippen LogP contribution < -0.4 is 0 Å². The van der Waals surface area contributed by atoms with E-state index in [1.54, 1.807) is 0 Å². The highest BCUT2D eigenvalue weighted by Crippen LogP contribution is 2.45. The lowest BCUT2D eigenvalue weighted by Crippen LogP contribution is -2.59. The van der Waals surface area contributed by atoms with Crippen LogP contribution in [0.1, 0.15) is 62.1 Å². The Morgan fingerprint density at radius 2 is 1.24 bits per heavy atom. The standard InChI is InChI=1S/C31H38N2/c1-3-5-15-22-32-23-24-33(26-28-18-11-7-12-19-28)31(32,25-27-16-9-6-10-17-27)30(4-2)29-20-13-8-14-21-29/h6-14,16-21,23-24,30H,3-5,15,22,25-26H2,1-2H3. The summed E-state index contributed by atoms with van der Waals surface area (Å²) in [7, 11) is 0. The van der Waals surface area contributed by atoms with Crippen LogP contribution in [0.3, 0.4) is 0 Å². The molecular weight excluding hydrogens is 400 g/mol. The maximum atomic E-state index is 2.67. The summed E-state index contributed by atoms with van der Waals surface area (Å²) in [6.07, 6.45) is 10.5. The molecule has 0 bridgehead atoms. The molecule has 2 nitrogen and oxygen atoms in total. The van der Waals surface area contributed by atoms with E-state index in [-0.39, 0.29) is 5.66 Å². The van der Waals surface area contributed by atoms with Gasteiger partial charge < -0.3 is 9.80 Å². The third kappa shape index (κ3) is 5.16. The normalized spacial score (nSPS) is 18.6. The third-order valence-corrected chi connectivity index (χ3v) is 7.09. The smallest absolute Gasteiger partial charge is 0.123 e. The summed E-state index contributed by atoms with van der Waals surface area (Å²) in [6, 6.07) is 33.2. The molecule has 33 heavy (non-hydrogen) atoms. The van der Waals surface area contributed by atoms with E-state index < -0.39 is 0 Å². The van der Waals surface area contributed by atoms with Crippen molar-refractivity contribution in [2.45, 2.75) is 64.1 Å². The lowest BCUT2D eigenvalue weighted by atomic mass is 9.78. The van der Waals surface area contributed by atoms with Gasteiger partial charge in [0.05, 0.1) is 0 Å². The molecule has 1 aliphatic rings. The summed E-state index contributed by atoms with van der Waals surface area (Å²) < 4.78 is 0. The number of rotatable bonds is 11. The van der Waals surface area contributed by atoms with Crippen LogP contribution in [0.15, 0.2) is 103 Å². The van der Waals surface area contributed by atoms with E-state index >= 15 is 0 Å². The molecular formula is C31H38N2. The predicted octanol–water partition coefficient (Wildman–Crippen LogP) is 7.60. The molecule has 2 unspecified atom stereocenters. The summed E-state index contributed by atoms with van der Waals surface area (Å²) in [4.78, 5) is 5.29. The van der Waals surface area contributed by atoms with E-state index in [0.29, 0.717) is 5.92 Å². The van der Waals surface area contributed by atoms with Crippen molar-refractivity contribution in [3.05, 3.63) is 120 Å². The van der Waals surface area contributed by atoms with E-state index in [4.69, 9.17) is 0 Å². The van der Waals surface area contributed by atoms with Crippen molar-refractivity contribution >= 4 is 0 Å². The maximum absolute atomic E-state index is 2.67. The first-order chi connectivity index (χ1) is 16.3. The van der Waals surface area contributed by atoms with E-state index in [1.165, 1.54) is 36.0 Å². The molecule has 3 aromatic rings. The largest absolute Gasteiger partial charge is 0.353 e. The van der Waals surface area contributed by atoms with Crippen LogP contribution in [0.2, 0.25) is 0 Å². The number of hydrogen-bond donors (Lipinski definition) is 0. The zero-order chi connectivity index (χ0) is 22.9. The Morgan fingerprint density at radius 3 is 1.85 bits per heavy atom. The van der Waals surface area contributed by atoms with E-state index in [2.05, 4.69) is 127 Å². The highest BCUT2D eigenvalue weighted by Gasteiger charge is 2.49. The summed E-state index contributed by atoms with van der Waals surface area (Å²) in [5, 5.41) is 0. The second-order valence-electron chi connectivity index (χ2n) is 9.22. The van der Waals surface area contributed by atoms with Crippen LogP contribution in [0.25, 0.3) is 0 Å². The summed E-state index contributed by atoms with van der Waals surface area (Å²) in [5.41, 5.74) is 4.05. The number of nitrogens with zero attached hydrogens (tertiary/aromatic N) is 2. The van der Waals surface area contributed by atoms with E-state index in [9.17, 15) is 0 Å². The molecule has 1 heterocycles. The first-order valence-electron chi connectivity index (χ1n) is 12.6. The molecule has 0 N–H and O–H groups in total. The molecule has 2 atom stereocenters. The van der Waals surface area contributed by atoms with Gasteiger partial charge in [0, 0.05) is 37.8 Å². The van der Waals surface area contributed by atoms with Gasteiger partial charge in [-0.05, 0) is 29.5 Å². The van der Waals surface area contributed by atoms with Gasteiger partial charge in [-0.2, -0.15) is 0 Å². The van der Waals surface area contributed by atoms with Crippen LogP contribution in [0.5, 0.6) is 0 Å². The van der Waals surface area contributed by atoms with Crippen molar-refractivity contribution in [3.63, 3.8) is 0 Å². The fourth-order valence-corrected chi connectivity index (χ4v) is 5.49. The molecule has 0 radical (unpaired) electrons. The van der Waals surface area contributed by atoms with Gasteiger partial charge in [0.1, 0.15) is 5.66 Å². The second-order valence-corrected chi connectivity index (χ2v) is 9.22. The highest BCUT2D eigenvalue weighted by atomic mass is 15.4. The van der Waals surface area contributed by atoms with Gasteiger partial charge in [-0.25, -0.2) is 0 Å². The van der Waals surface area contributed by atoms with Crippen molar-refractivity contribution in [2.75, 3.05) is 6.54 Å². The second kappa shape index (κ2) is 11.2. The number of benzene rings is 3. The molecule has 3 aromatic carbocycles. The molecule has 0 amide bonds. The van der Waals surface area contributed by atoms with Crippen LogP contribution in [0.4, 0.5) is 0 Å². The van der Waals surface area contributed by atoms with Crippen molar-refractivity contribution < 1.29 is 0 Å².